The Kier molecular flexibility index (Phi) is 4.45. The van der Waals surface area contributed by atoms with Crippen LogP contribution in [0.3, 0.4) is 0 Å². The van der Waals surface area contributed by atoms with Crippen molar-refractivity contribution in [3.8, 4) is 0 Å². The maximum atomic E-state index is 13.2. The molecule has 0 aliphatic carbocycles. The summed E-state index contributed by atoms with van der Waals surface area (Å²) in [5.74, 6) is -0.117. The standard InChI is InChI=1S/C12H14BrFO/c1-3-8(2)11(15)7-9-5-4-6-10(14)12(9)13/h4-6,8H,3,7H2,1-2H3. The molecule has 0 aliphatic rings. The van der Waals surface area contributed by atoms with Crippen LogP contribution in [0.25, 0.3) is 0 Å². The second-order valence-electron chi connectivity index (χ2n) is 3.67. The van der Waals surface area contributed by atoms with E-state index in [2.05, 4.69) is 15.9 Å². The summed E-state index contributed by atoms with van der Waals surface area (Å²) >= 11 is 3.15. The molecule has 0 radical (unpaired) electrons. The Labute approximate surface area is 97.8 Å². The van der Waals surface area contributed by atoms with E-state index in [1.54, 1.807) is 12.1 Å². The predicted molar refractivity (Wildman–Crippen MR) is 62.3 cm³/mol. The van der Waals surface area contributed by atoms with Crippen molar-refractivity contribution >= 4 is 21.7 Å². The van der Waals surface area contributed by atoms with Crippen molar-refractivity contribution in [3.05, 3.63) is 34.1 Å². The Balaban J connectivity index is 2.81. The fourth-order valence-corrected chi connectivity index (χ4v) is 1.68. The van der Waals surface area contributed by atoms with Crippen LogP contribution < -0.4 is 0 Å². The third-order valence-corrected chi connectivity index (χ3v) is 3.45. The molecule has 1 nitrogen and oxygen atoms in total. The zero-order valence-electron chi connectivity index (χ0n) is 8.89. The fourth-order valence-electron chi connectivity index (χ4n) is 1.27. The Morgan fingerprint density at radius 3 is 2.80 bits per heavy atom. The van der Waals surface area contributed by atoms with Crippen molar-refractivity contribution in [3.63, 3.8) is 0 Å². The van der Waals surface area contributed by atoms with Gasteiger partial charge in [0.2, 0.25) is 0 Å². The Morgan fingerprint density at radius 1 is 1.53 bits per heavy atom. The highest BCUT2D eigenvalue weighted by Gasteiger charge is 2.14. The van der Waals surface area contributed by atoms with Gasteiger partial charge in [0.25, 0.3) is 0 Å². The Bertz CT molecular complexity index is 363. The summed E-state index contributed by atoms with van der Waals surface area (Å²) in [5, 5.41) is 0. The molecule has 0 aromatic heterocycles. The summed E-state index contributed by atoms with van der Waals surface area (Å²) in [7, 11) is 0. The monoisotopic (exact) mass is 272 g/mol. The van der Waals surface area contributed by atoms with Crippen molar-refractivity contribution in [1.82, 2.24) is 0 Å². The lowest BCUT2D eigenvalue weighted by Crippen LogP contribution is -2.13. The van der Waals surface area contributed by atoms with Crippen LogP contribution in [0, 0.1) is 11.7 Å². The molecule has 0 spiro atoms. The zero-order chi connectivity index (χ0) is 11.4. The van der Waals surface area contributed by atoms with Crippen molar-refractivity contribution in [2.24, 2.45) is 5.92 Å². The molecule has 0 bridgehead atoms. The lowest BCUT2D eigenvalue weighted by atomic mass is 9.97. The number of benzene rings is 1. The number of carbonyl (C=O) groups is 1. The van der Waals surface area contributed by atoms with Gasteiger partial charge in [0.15, 0.2) is 0 Å². The van der Waals surface area contributed by atoms with Gasteiger partial charge in [0.1, 0.15) is 11.6 Å². The first-order valence-corrected chi connectivity index (χ1v) is 5.81. The van der Waals surface area contributed by atoms with Crippen LogP contribution in [0.15, 0.2) is 22.7 Å². The van der Waals surface area contributed by atoms with E-state index in [0.717, 1.165) is 12.0 Å². The van der Waals surface area contributed by atoms with Crippen LogP contribution in [0.1, 0.15) is 25.8 Å². The highest BCUT2D eigenvalue weighted by Crippen LogP contribution is 2.22. The van der Waals surface area contributed by atoms with Gasteiger partial charge in [0.05, 0.1) is 4.47 Å². The van der Waals surface area contributed by atoms with Gasteiger partial charge in [-0.05, 0) is 34.0 Å². The van der Waals surface area contributed by atoms with Crippen LogP contribution in [0.5, 0.6) is 0 Å². The fraction of sp³-hybridized carbons (Fsp3) is 0.417. The zero-order valence-corrected chi connectivity index (χ0v) is 10.5. The van der Waals surface area contributed by atoms with Gasteiger partial charge in [-0.25, -0.2) is 4.39 Å². The van der Waals surface area contributed by atoms with Gasteiger partial charge >= 0.3 is 0 Å². The van der Waals surface area contributed by atoms with Crippen molar-refractivity contribution in [1.29, 1.82) is 0 Å². The minimum absolute atomic E-state index is 0.0418. The van der Waals surface area contributed by atoms with Gasteiger partial charge in [-0.3, -0.25) is 4.79 Å². The lowest BCUT2D eigenvalue weighted by molar-refractivity contribution is -0.121. The normalized spacial score (nSPS) is 12.5. The van der Waals surface area contributed by atoms with Crippen molar-refractivity contribution in [2.45, 2.75) is 26.7 Å². The number of rotatable bonds is 4. The first kappa shape index (κ1) is 12.4. The molecule has 0 saturated heterocycles. The molecule has 0 heterocycles. The van der Waals surface area contributed by atoms with E-state index >= 15 is 0 Å². The molecular weight excluding hydrogens is 259 g/mol. The molecule has 1 atom stereocenters. The Morgan fingerprint density at radius 2 is 2.20 bits per heavy atom. The molecule has 1 unspecified atom stereocenters. The summed E-state index contributed by atoms with van der Waals surface area (Å²) in [6, 6.07) is 4.77. The number of carbonyl (C=O) groups excluding carboxylic acids is 1. The van der Waals surface area contributed by atoms with E-state index < -0.39 is 0 Å². The minimum atomic E-state index is -0.315. The molecule has 0 aliphatic heterocycles. The van der Waals surface area contributed by atoms with E-state index in [4.69, 9.17) is 0 Å². The molecular formula is C12H14BrFO. The number of halogens is 2. The predicted octanol–water partition coefficient (Wildman–Crippen LogP) is 3.75. The number of hydrogen-bond acceptors (Lipinski definition) is 1. The largest absolute Gasteiger partial charge is 0.299 e. The van der Waals surface area contributed by atoms with E-state index in [1.165, 1.54) is 6.07 Å². The van der Waals surface area contributed by atoms with Crippen LogP contribution in [-0.2, 0) is 11.2 Å². The first-order valence-electron chi connectivity index (χ1n) is 5.01. The highest BCUT2D eigenvalue weighted by atomic mass is 79.9. The molecule has 1 rings (SSSR count). The van der Waals surface area contributed by atoms with E-state index in [-0.39, 0.29) is 17.5 Å². The molecule has 0 saturated carbocycles. The summed E-state index contributed by atoms with van der Waals surface area (Å²) in [6.45, 7) is 3.87. The van der Waals surface area contributed by atoms with Crippen molar-refractivity contribution in [2.75, 3.05) is 0 Å². The third kappa shape index (κ3) is 3.13. The molecule has 15 heavy (non-hydrogen) atoms. The summed E-state index contributed by atoms with van der Waals surface area (Å²) in [6.07, 6.45) is 1.12. The lowest BCUT2D eigenvalue weighted by Gasteiger charge is -2.08. The average molecular weight is 273 g/mol. The van der Waals surface area contributed by atoms with Crippen LogP contribution in [-0.4, -0.2) is 5.78 Å². The first-order chi connectivity index (χ1) is 7.06. The SMILES string of the molecule is CCC(C)C(=O)Cc1cccc(F)c1Br. The number of ketones is 1. The molecule has 0 amide bonds. The molecule has 1 aromatic rings. The third-order valence-electron chi connectivity index (χ3n) is 2.56. The average Bonchev–Trinajstić information content (AvgIpc) is 2.23. The van der Waals surface area contributed by atoms with Crippen LogP contribution in [0.2, 0.25) is 0 Å². The molecule has 0 fully saturated rings. The second-order valence-corrected chi connectivity index (χ2v) is 4.46. The van der Waals surface area contributed by atoms with Gasteiger partial charge in [-0.15, -0.1) is 0 Å². The maximum Gasteiger partial charge on any atom is 0.140 e. The maximum absolute atomic E-state index is 13.2. The topological polar surface area (TPSA) is 17.1 Å². The smallest absolute Gasteiger partial charge is 0.140 e. The van der Waals surface area contributed by atoms with Gasteiger partial charge < -0.3 is 0 Å². The second kappa shape index (κ2) is 5.40. The molecule has 3 heteroatoms. The van der Waals surface area contributed by atoms with E-state index in [0.29, 0.717) is 10.9 Å². The van der Waals surface area contributed by atoms with E-state index in [1.807, 2.05) is 13.8 Å². The molecule has 1 aromatic carbocycles. The highest BCUT2D eigenvalue weighted by molar-refractivity contribution is 9.10. The summed E-state index contributed by atoms with van der Waals surface area (Å²) < 4.78 is 13.6. The molecule has 82 valence electrons. The van der Waals surface area contributed by atoms with Crippen molar-refractivity contribution < 1.29 is 9.18 Å². The van der Waals surface area contributed by atoms with Crippen LogP contribution in [0.4, 0.5) is 4.39 Å². The summed E-state index contributed by atoms with van der Waals surface area (Å²) in [5.41, 5.74) is 0.723. The van der Waals surface area contributed by atoms with Gasteiger partial charge in [0, 0.05) is 12.3 Å². The summed E-state index contributed by atoms with van der Waals surface area (Å²) in [4.78, 5) is 11.7. The van der Waals surface area contributed by atoms with E-state index in [9.17, 15) is 9.18 Å². The Hall–Kier alpha value is -0.700. The molecule has 0 N–H and O–H groups in total. The van der Waals surface area contributed by atoms with Gasteiger partial charge in [-0.1, -0.05) is 26.0 Å². The van der Waals surface area contributed by atoms with Crippen LogP contribution >= 0.6 is 15.9 Å². The number of hydrogen-bond donors (Lipinski definition) is 0. The van der Waals surface area contributed by atoms with Gasteiger partial charge in [-0.2, -0.15) is 0 Å². The quantitative estimate of drug-likeness (QED) is 0.816. The minimum Gasteiger partial charge on any atom is -0.299 e. The number of Topliss-reactive ketones (excluding diaryl/α,β-unsaturated/α-hetero) is 1.